The van der Waals surface area contributed by atoms with Gasteiger partial charge in [-0.3, -0.25) is 14.8 Å². The summed E-state index contributed by atoms with van der Waals surface area (Å²) in [6.07, 6.45) is -4.99. The first kappa shape index (κ1) is 26.0. The number of rotatable bonds is 5. The van der Waals surface area contributed by atoms with Crippen LogP contribution < -0.4 is 4.74 Å². The molecule has 2 aliphatic heterocycles. The highest BCUT2D eigenvalue weighted by atomic mass is 35.5. The number of ether oxygens (including phenoxy) is 1. The fourth-order valence-electron chi connectivity index (χ4n) is 4.26. The van der Waals surface area contributed by atoms with Crippen LogP contribution in [0.3, 0.4) is 0 Å². The maximum absolute atomic E-state index is 14.5. The van der Waals surface area contributed by atoms with Gasteiger partial charge in [-0.25, -0.2) is 13.8 Å². The Balaban J connectivity index is 1.57. The molecule has 1 aromatic heterocycles. The Hall–Kier alpha value is -3.08. The molecule has 1 fully saturated rings. The number of piperidine rings is 1. The molecule has 2 aliphatic rings. The summed E-state index contributed by atoms with van der Waals surface area (Å²) >= 11 is 5.95. The van der Waals surface area contributed by atoms with E-state index in [9.17, 15) is 26.7 Å². The van der Waals surface area contributed by atoms with Crippen molar-refractivity contribution < 1.29 is 31.5 Å². The summed E-state index contributed by atoms with van der Waals surface area (Å²) in [7, 11) is 0. The molecule has 2 unspecified atom stereocenters. The van der Waals surface area contributed by atoms with Crippen molar-refractivity contribution in [1.29, 1.82) is 0 Å². The van der Waals surface area contributed by atoms with E-state index in [1.165, 1.54) is 0 Å². The second-order valence-electron chi connectivity index (χ2n) is 8.83. The molecule has 192 valence electrons. The number of aliphatic imine (C=N–C) groups is 2. The number of carbonyl (C=O) groups excluding carboxylic acids is 1. The van der Waals surface area contributed by atoms with Gasteiger partial charge in [-0.2, -0.15) is 13.2 Å². The standard InChI is InChI=1S/C24H22ClF5N4O2/c1-13-9-23(26,27)12-34(18(13)11-36-19-8-5-16(10-31-19)24(28,29)30)22(35)21-20(32-14(2)33-21)15-3-6-17(25)7-4-15/h3-8,10,13-14,18H,9,11-12H2,1-2H3/t13?,14?,18-/m1/s1. The summed E-state index contributed by atoms with van der Waals surface area (Å²) in [4.78, 5) is 26.9. The predicted octanol–water partition coefficient (Wildman–Crippen LogP) is 5.29. The number of halogens is 6. The van der Waals surface area contributed by atoms with E-state index in [1.807, 2.05) is 0 Å². The number of hydrogen-bond donors (Lipinski definition) is 0. The van der Waals surface area contributed by atoms with E-state index in [-0.39, 0.29) is 23.9 Å². The molecule has 3 atom stereocenters. The van der Waals surface area contributed by atoms with Crippen LogP contribution in [0.5, 0.6) is 5.88 Å². The minimum atomic E-state index is -4.55. The van der Waals surface area contributed by atoms with Crippen molar-refractivity contribution in [2.75, 3.05) is 13.2 Å². The number of benzene rings is 1. The largest absolute Gasteiger partial charge is 0.475 e. The summed E-state index contributed by atoms with van der Waals surface area (Å²) in [6.45, 7) is 2.14. The molecule has 1 aromatic carbocycles. The van der Waals surface area contributed by atoms with Crippen LogP contribution in [0.2, 0.25) is 5.02 Å². The van der Waals surface area contributed by atoms with Gasteiger partial charge in [0.1, 0.15) is 12.8 Å². The van der Waals surface area contributed by atoms with Gasteiger partial charge in [0.2, 0.25) is 5.88 Å². The quantitative estimate of drug-likeness (QED) is 0.495. The molecule has 0 spiro atoms. The Morgan fingerprint density at radius 3 is 2.44 bits per heavy atom. The molecule has 1 saturated heterocycles. The number of hydrogen-bond acceptors (Lipinski definition) is 5. The van der Waals surface area contributed by atoms with Gasteiger partial charge in [0.25, 0.3) is 11.8 Å². The molecular weight excluding hydrogens is 507 g/mol. The maximum Gasteiger partial charge on any atom is 0.417 e. The lowest BCUT2D eigenvalue weighted by molar-refractivity contribution is -0.148. The topological polar surface area (TPSA) is 67.2 Å². The van der Waals surface area contributed by atoms with E-state index in [1.54, 1.807) is 38.1 Å². The molecule has 12 heteroatoms. The molecule has 0 radical (unpaired) electrons. The Labute approximate surface area is 208 Å². The van der Waals surface area contributed by atoms with E-state index >= 15 is 0 Å². The number of amides is 1. The number of pyridine rings is 1. The van der Waals surface area contributed by atoms with Crippen molar-refractivity contribution in [1.82, 2.24) is 9.88 Å². The average molecular weight is 529 g/mol. The van der Waals surface area contributed by atoms with E-state index in [0.717, 1.165) is 17.0 Å². The van der Waals surface area contributed by atoms with Crippen LogP contribution in [0.25, 0.3) is 0 Å². The molecule has 0 aliphatic carbocycles. The van der Waals surface area contributed by atoms with Gasteiger partial charge >= 0.3 is 6.18 Å². The minimum Gasteiger partial charge on any atom is -0.475 e. The van der Waals surface area contributed by atoms with Gasteiger partial charge in [-0.15, -0.1) is 0 Å². The van der Waals surface area contributed by atoms with Crippen LogP contribution in [-0.4, -0.2) is 58.5 Å². The van der Waals surface area contributed by atoms with Crippen LogP contribution in [0, 0.1) is 5.92 Å². The highest BCUT2D eigenvalue weighted by Gasteiger charge is 2.48. The van der Waals surface area contributed by atoms with Crippen molar-refractivity contribution in [2.24, 2.45) is 15.9 Å². The van der Waals surface area contributed by atoms with Gasteiger partial charge in [-0.1, -0.05) is 30.7 Å². The molecule has 1 amide bonds. The first-order valence-electron chi connectivity index (χ1n) is 11.1. The Kier molecular flexibility index (Phi) is 7.05. The minimum absolute atomic E-state index is 0.0487. The molecule has 3 heterocycles. The lowest BCUT2D eigenvalue weighted by Gasteiger charge is -2.43. The zero-order chi connectivity index (χ0) is 26.3. The van der Waals surface area contributed by atoms with Gasteiger partial charge < -0.3 is 9.64 Å². The SMILES string of the molecule is CC1N=C(C(=O)N2CC(F)(F)CC(C)[C@H]2COc2ccc(C(F)(F)F)cn2)C(c2ccc(Cl)cc2)=N1. The van der Waals surface area contributed by atoms with Crippen LogP contribution >= 0.6 is 11.6 Å². The first-order valence-corrected chi connectivity index (χ1v) is 11.5. The predicted molar refractivity (Wildman–Crippen MR) is 124 cm³/mol. The Morgan fingerprint density at radius 2 is 1.83 bits per heavy atom. The third-order valence-corrected chi connectivity index (χ3v) is 6.23. The average Bonchev–Trinajstić information content (AvgIpc) is 3.19. The third-order valence-electron chi connectivity index (χ3n) is 5.98. The smallest absolute Gasteiger partial charge is 0.417 e. The maximum atomic E-state index is 14.5. The molecule has 36 heavy (non-hydrogen) atoms. The van der Waals surface area contributed by atoms with Gasteiger partial charge in [0.15, 0.2) is 5.71 Å². The monoisotopic (exact) mass is 528 g/mol. The lowest BCUT2D eigenvalue weighted by Crippen LogP contribution is -2.59. The second-order valence-corrected chi connectivity index (χ2v) is 9.26. The second kappa shape index (κ2) is 9.76. The number of alkyl halides is 5. The summed E-state index contributed by atoms with van der Waals surface area (Å²) in [5.41, 5.74) is -0.156. The normalized spacial score (nSPS) is 23.8. The summed E-state index contributed by atoms with van der Waals surface area (Å²) < 4.78 is 73.0. The fraction of sp³-hybridized carbons (Fsp3) is 0.417. The molecular formula is C24H22ClF5N4O2. The van der Waals surface area contributed by atoms with Crippen molar-refractivity contribution >= 4 is 28.9 Å². The fourth-order valence-corrected chi connectivity index (χ4v) is 4.39. The highest BCUT2D eigenvalue weighted by Crippen LogP contribution is 2.35. The zero-order valence-electron chi connectivity index (χ0n) is 19.3. The molecule has 0 bridgehead atoms. The van der Waals surface area contributed by atoms with Crippen LogP contribution in [0.15, 0.2) is 52.6 Å². The summed E-state index contributed by atoms with van der Waals surface area (Å²) in [5, 5.41) is 0.480. The van der Waals surface area contributed by atoms with Crippen LogP contribution in [0.1, 0.15) is 31.4 Å². The van der Waals surface area contributed by atoms with Crippen LogP contribution in [-0.2, 0) is 11.0 Å². The highest BCUT2D eigenvalue weighted by molar-refractivity contribution is 6.70. The zero-order valence-corrected chi connectivity index (χ0v) is 20.0. The summed E-state index contributed by atoms with van der Waals surface area (Å²) in [6, 6.07) is 7.62. The Bertz CT molecular complexity index is 1180. The number of nitrogens with zero attached hydrogens (tertiary/aromatic N) is 4. The van der Waals surface area contributed by atoms with E-state index in [0.29, 0.717) is 16.8 Å². The van der Waals surface area contributed by atoms with Gasteiger partial charge in [0.05, 0.1) is 23.9 Å². The first-order chi connectivity index (χ1) is 16.8. The van der Waals surface area contributed by atoms with Crippen molar-refractivity contribution in [3.63, 3.8) is 0 Å². The van der Waals surface area contributed by atoms with E-state index in [4.69, 9.17) is 16.3 Å². The number of likely N-dealkylation sites (tertiary alicyclic amines) is 1. The van der Waals surface area contributed by atoms with Crippen molar-refractivity contribution in [3.05, 3.63) is 58.7 Å². The van der Waals surface area contributed by atoms with E-state index in [2.05, 4.69) is 15.0 Å². The van der Waals surface area contributed by atoms with Crippen molar-refractivity contribution in [3.8, 4) is 5.88 Å². The molecule has 0 saturated carbocycles. The van der Waals surface area contributed by atoms with E-state index < -0.39 is 54.7 Å². The third kappa shape index (κ3) is 5.66. The molecule has 0 N–H and O–H groups in total. The Morgan fingerprint density at radius 1 is 1.14 bits per heavy atom. The molecule has 6 nitrogen and oxygen atoms in total. The van der Waals surface area contributed by atoms with Crippen molar-refractivity contribution in [2.45, 2.75) is 44.6 Å². The van der Waals surface area contributed by atoms with Gasteiger partial charge in [0, 0.05) is 29.3 Å². The number of carbonyl (C=O) groups is 1. The molecule has 2 aromatic rings. The van der Waals surface area contributed by atoms with Gasteiger partial charge in [-0.05, 0) is 31.0 Å². The summed E-state index contributed by atoms with van der Waals surface area (Å²) in [5.74, 6) is -4.66. The van der Waals surface area contributed by atoms with Crippen LogP contribution in [0.4, 0.5) is 22.0 Å². The number of aromatic nitrogens is 1. The lowest BCUT2D eigenvalue weighted by atomic mass is 9.88. The molecule has 4 rings (SSSR count).